The molecule has 11 nitrogen and oxygen atoms in total. The van der Waals surface area contributed by atoms with E-state index in [0.29, 0.717) is 0 Å². The third-order valence-corrected chi connectivity index (χ3v) is 4.36. The molecular formula is C13H24O11. The first-order valence-electron chi connectivity index (χ1n) is 7.47. The van der Waals surface area contributed by atoms with E-state index >= 15 is 0 Å². The van der Waals surface area contributed by atoms with E-state index in [1.54, 1.807) is 0 Å². The predicted molar refractivity (Wildman–Crippen MR) is 73.2 cm³/mol. The molecule has 0 radical (unpaired) electrons. The Labute approximate surface area is 137 Å². The Balaban J connectivity index is 2.18. The molecule has 0 aliphatic carbocycles. The fraction of sp³-hybridized carbons (Fsp3) is 1.00. The first-order valence-corrected chi connectivity index (χ1v) is 7.47. The lowest BCUT2D eigenvalue weighted by Crippen LogP contribution is -2.68. The molecule has 0 bridgehead atoms. The van der Waals surface area contributed by atoms with E-state index < -0.39 is 74.1 Å². The van der Waals surface area contributed by atoms with Gasteiger partial charge in [-0.05, 0) is 6.92 Å². The van der Waals surface area contributed by atoms with Gasteiger partial charge in [0.2, 0.25) is 0 Å². The number of hydrogen-bond acceptors (Lipinski definition) is 11. The molecule has 2 aliphatic heterocycles. The number of hydrogen-bond donors (Lipinski definition) is 8. The lowest BCUT2D eigenvalue weighted by molar-refractivity contribution is -0.416. The number of aliphatic hydroxyl groups excluding tert-OH is 8. The van der Waals surface area contributed by atoms with Gasteiger partial charge in [0.15, 0.2) is 12.1 Å². The highest BCUT2D eigenvalue weighted by molar-refractivity contribution is 4.96. The molecule has 2 saturated heterocycles. The van der Waals surface area contributed by atoms with Crippen molar-refractivity contribution in [2.75, 3.05) is 13.2 Å². The molecule has 2 heterocycles. The van der Waals surface area contributed by atoms with Crippen LogP contribution in [-0.4, -0.2) is 115 Å². The highest BCUT2D eigenvalue weighted by Crippen LogP contribution is 2.34. The zero-order chi connectivity index (χ0) is 18.2. The standard InChI is InChI=1S/C13H24O11/c1-13(11(21)9(19)7(17)5(3-15)23-13)24-12-10(20)8(18)6(16)4(2-14)22-12/h4-12,14-21H,2-3H2,1H3/t4-,5-,6+,7+,8+,9+,10-,11-,12-,13-/m1/s1. The highest BCUT2D eigenvalue weighted by atomic mass is 16.8. The normalized spacial score (nSPS) is 53.1. The summed E-state index contributed by atoms with van der Waals surface area (Å²) in [5.74, 6) is -2.01. The SMILES string of the molecule is C[C@]1(O[C@H]2O[C@H](CO)[C@H](O)[C@H](O)[C@H]2O)O[C@H](CO)[C@H](O)[C@H](O)[C@H]1O. The fourth-order valence-electron chi connectivity index (χ4n) is 2.79. The van der Waals surface area contributed by atoms with Crippen LogP contribution in [0.5, 0.6) is 0 Å². The van der Waals surface area contributed by atoms with E-state index in [2.05, 4.69) is 0 Å². The molecule has 142 valence electrons. The summed E-state index contributed by atoms with van der Waals surface area (Å²) in [5, 5.41) is 77.4. The van der Waals surface area contributed by atoms with Crippen LogP contribution in [0, 0.1) is 0 Å². The molecule has 0 spiro atoms. The van der Waals surface area contributed by atoms with Crippen molar-refractivity contribution in [3.63, 3.8) is 0 Å². The Hall–Kier alpha value is -0.440. The zero-order valence-corrected chi connectivity index (χ0v) is 12.9. The highest BCUT2D eigenvalue weighted by Gasteiger charge is 2.55. The zero-order valence-electron chi connectivity index (χ0n) is 12.9. The third-order valence-electron chi connectivity index (χ3n) is 4.36. The largest absolute Gasteiger partial charge is 0.394 e. The third kappa shape index (κ3) is 3.43. The molecule has 2 fully saturated rings. The lowest BCUT2D eigenvalue weighted by Gasteiger charge is -2.49. The van der Waals surface area contributed by atoms with Crippen molar-refractivity contribution in [1.29, 1.82) is 0 Å². The molecular weight excluding hydrogens is 332 g/mol. The van der Waals surface area contributed by atoms with Crippen LogP contribution in [0.15, 0.2) is 0 Å². The summed E-state index contributed by atoms with van der Waals surface area (Å²) in [7, 11) is 0. The summed E-state index contributed by atoms with van der Waals surface area (Å²) in [5.41, 5.74) is 0. The maximum absolute atomic E-state index is 10.1. The molecule has 8 N–H and O–H groups in total. The topological polar surface area (TPSA) is 190 Å². The van der Waals surface area contributed by atoms with Crippen LogP contribution in [0.2, 0.25) is 0 Å². The molecule has 11 heteroatoms. The fourth-order valence-corrected chi connectivity index (χ4v) is 2.79. The first-order chi connectivity index (χ1) is 11.2. The van der Waals surface area contributed by atoms with Crippen LogP contribution in [0.3, 0.4) is 0 Å². The summed E-state index contributed by atoms with van der Waals surface area (Å²) in [6.07, 6.45) is -14.2. The van der Waals surface area contributed by atoms with Crippen LogP contribution in [0.1, 0.15) is 6.92 Å². The van der Waals surface area contributed by atoms with Gasteiger partial charge in [-0.2, -0.15) is 0 Å². The van der Waals surface area contributed by atoms with Gasteiger partial charge in [-0.25, -0.2) is 0 Å². The molecule has 24 heavy (non-hydrogen) atoms. The molecule has 2 aliphatic rings. The number of rotatable bonds is 4. The minimum Gasteiger partial charge on any atom is -0.394 e. The smallest absolute Gasteiger partial charge is 0.197 e. The van der Waals surface area contributed by atoms with Crippen molar-refractivity contribution in [3.05, 3.63) is 0 Å². The van der Waals surface area contributed by atoms with Crippen molar-refractivity contribution >= 4 is 0 Å². The number of ether oxygens (including phenoxy) is 3. The quantitative estimate of drug-likeness (QED) is 0.241. The first kappa shape index (κ1) is 19.9. The van der Waals surface area contributed by atoms with Gasteiger partial charge < -0.3 is 55.1 Å². The molecule has 0 aromatic rings. The monoisotopic (exact) mass is 356 g/mol. The van der Waals surface area contributed by atoms with Crippen molar-refractivity contribution in [2.45, 2.75) is 67.8 Å². The second-order valence-corrected chi connectivity index (χ2v) is 6.10. The van der Waals surface area contributed by atoms with Crippen LogP contribution in [-0.2, 0) is 14.2 Å². The van der Waals surface area contributed by atoms with Gasteiger partial charge in [-0.1, -0.05) is 0 Å². The summed E-state index contributed by atoms with van der Waals surface area (Å²) >= 11 is 0. The van der Waals surface area contributed by atoms with Gasteiger partial charge in [0, 0.05) is 0 Å². The Morgan fingerprint density at radius 1 is 0.792 bits per heavy atom. The predicted octanol–water partition coefficient (Wildman–Crippen LogP) is -5.01. The van der Waals surface area contributed by atoms with Gasteiger partial charge in [0.1, 0.15) is 48.8 Å². The van der Waals surface area contributed by atoms with Crippen LogP contribution in [0.25, 0.3) is 0 Å². The van der Waals surface area contributed by atoms with Crippen LogP contribution >= 0.6 is 0 Å². The van der Waals surface area contributed by atoms with Crippen molar-refractivity contribution in [3.8, 4) is 0 Å². The average molecular weight is 356 g/mol. The van der Waals surface area contributed by atoms with Crippen molar-refractivity contribution in [2.24, 2.45) is 0 Å². The molecule has 2 rings (SSSR count). The van der Waals surface area contributed by atoms with Crippen LogP contribution in [0.4, 0.5) is 0 Å². The van der Waals surface area contributed by atoms with Crippen molar-refractivity contribution < 1.29 is 55.1 Å². The van der Waals surface area contributed by atoms with Crippen LogP contribution < -0.4 is 0 Å². The molecule has 0 aromatic heterocycles. The van der Waals surface area contributed by atoms with E-state index in [-0.39, 0.29) is 0 Å². The van der Waals surface area contributed by atoms with Gasteiger partial charge in [-0.3, -0.25) is 0 Å². The second kappa shape index (κ2) is 7.43. The van der Waals surface area contributed by atoms with E-state index in [1.165, 1.54) is 6.92 Å². The van der Waals surface area contributed by atoms with Gasteiger partial charge in [-0.15, -0.1) is 0 Å². The minimum atomic E-state index is -2.01. The Bertz CT molecular complexity index is 419. The molecule has 0 amide bonds. The maximum Gasteiger partial charge on any atom is 0.197 e. The molecule has 0 unspecified atom stereocenters. The minimum absolute atomic E-state index is 0.675. The average Bonchev–Trinajstić information content (AvgIpc) is 2.57. The lowest BCUT2D eigenvalue weighted by atomic mass is 9.93. The van der Waals surface area contributed by atoms with E-state index in [1.807, 2.05) is 0 Å². The molecule has 0 aromatic carbocycles. The molecule has 0 saturated carbocycles. The second-order valence-electron chi connectivity index (χ2n) is 6.10. The number of aliphatic hydroxyl groups is 8. The Morgan fingerprint density at radius 3 is 1.88 bits per heavy atom. The van der Waals surface area contributed by atoms with Gasteiger partial charge >= 0.3 is 0 Å². The summed E-state index contributed by atoms with van der Waals surface area (Å²) < 4.78 is 15.8. The van der Waals surface area contributed by atoms with Gasteiger partial charge in [0.25, 0.3) is 0 Å². The Kier molecular flexibility index (Phi) is 6.16. The van der Waals surface area contributed by atoms with E-state index in [4.69, 9.17) is 19.3 Å². The van der Waals surface area contributed by atoms with Gasteiger partial charge in [0.05, 0.1) is 13.2 Å². The van der Waals surface area contributed by atoms with Crippen molar-refractivity contribution in [1.82, 2.24) is 0 Å². The maximum atomic E-state index is 10.1. The summed E-state index contributed by atoms with van der Waals surface area (Å²) in [6.45, 7) is -0.180. The Morgan fingerprint density at radius 2 is 1.33 bits per heavy atom. The summed E-state index contributed by atoms with van der Waals surface area (Å²) in [4.78, 5) is 0. The van der Waals surface area contributed by atoms with E-state index in [0.717, 1.165) is 0 Å². The van der Waals surface area contributed by atoms with E-state index in [9.17, 15) is 35.7 Å². The summed E-state index contributed by atoms with van der Waals surface area (Å²) in [6, 6.07) is 0. The molecule has 10 atom stereocenters.